The van der Waals surface area contributed by atoms with Crippen LogP contribution >= 0.6 is 0 Å². The second-order valence-corrected chi connectivity index (χ2v) is 6.97. The zero-order valence-corrected chi connectivity index (χ0v) is 16.0. The number of aromatic nitrogens is 2. The highest BCUT2D eigenvalue weighted by Crippen LogP contribution is 2.27. The van der Waals surface area contributed by atoms with Crippen LogP contribution in [0, 0.1) is 5.82 Å². The average molecular weight is 414 g/mol. The Labute approximate surface area is 170 Å². The summed E-state index contributed by atoms with van der Waals surface area (Å²) >= 11 is 0. The summed E-state index contributed by atoms with van der Waals surface area (Å²) in [5.74, 6) is -2.00. The monoisotopic (exact) mass is 414 g/mol. The maximum absolute atomic E-state index is 13.8. The topological polar surface area (TPSA) is 114 Å². The van der Waals surface area contributed by atoms with E-state index in [-0.39, 0.29) is 37.2 Å². The van der Waals surface area contributed by atoms with E-state index in [0.29, 0.717) is 30.6 Å². The third-order valence-corrected chi connectivity index (χ3v) is 5.05. The van der Waals surface area contributed by atoms with Crippen molar-refractivity contribution in [3.63, 3.8) is 0 Å². The Kier molecular flexibility index (Phi) is 4.98. The molecule has 4 rings (SSSR count). The molecule has 9 nitrogen and oxygen atoms in total. The third kappa shape index (κ3) is 3.40. The number of amides is 2. The van der Waals surface area contributed by atoms with E-state index in [1.807, 2.05) is 0 Å². The van der Waals surface area contributed by atoms with Crippen LogP contribution in [0.5, 0.6) is 5.75 Å². The molecule has 156 valence electrons. The number of nitrogens with zero attached hydrogens (tertiary/aromatic N) is 3. The molecule has 30 heavy (non-hydrogen) atoms. The second kappa shape index (κ2) is 7.62. The van der Waals surface area contributed by atoms with E-state index in [9.17, 15) is 23.9 Å². The molecular weight excluding hydrogens is 395 g/mol. The summed E-state index contributed by atoms with van der Waals surface area (Å²) in [6.45, 7) is 4.46. The summed E-state index contributed by atoms with van der Waals surface area (Å²) in [6.07, 6.45) is 1.05. The lowest BCUT2D eigenvalue weighted by molar-refractivity contribution is -0.117. The van der Waals surface area contributed by atoms with Crippen molar-refractivity contribution in [3.8, 4) is 5.75 Å². The quantitative estimate of drug-likeness (QED) is 0.776. The van der Waals surface area contributed by atoms with Gasteiger partial charge in [-0.3, -0.25) is 19.0 Å². The Morgan fingerprint density at radius 3 is 2.87 bits per heavy atom. The molecule has 2 aliphatic heterocycles. The largest absolute Gasteiger partial charge is 0.501 e. The molecule has 0 spiro atoms. The van der Waals surface area contributed by atoms with E-state index >= 15 is 0 Å². The number of carbonyl (C=O) groups is 2. The Balaban J connectivity index is 1.60. The van der Waals surface area contributed by atoms with E-state index in [1.165, 1.54) is 27.7 Å². The number of benzene rings is 1. The van der Waals surface area contributed by atoms with Gasteiger partial charge in [0, 0.05) is 19.5 Å². The number of ether oxygens (including phenoxy) is 1. The Morgan fingerprint density at radius 2 is 2.13 bits per heavy atom. The lowest BCUT2D eigenvalue weighted by atomic mass is 10.1. The van der Waals surface area contributed by atoms with Crippen molar-refractivity contribution in [1.29, 1.82) is 0 Å². The van der Waals surface area contributed by atoms with E-state index in [0.717, 1.165) is 0 Å². The zero-order valence-electron chi connectivity index (χ0n) is 16.0. The van der Waals surface area contributed by atoms with E-state index < -0.39 is 28.7 Å². The molecule has 0 aliphatic carbocycles. The van der Waals surface area contributed by atoms with Crippen molar-refractivity contribution < 1.29 is 23.8 Å². The van der Waals surface area contributed by atoms with Crippen LogP contribution in [0.3, 0.4) is 0 Å². The van der Waals surface area contributed by atoms with Gasteiger partial charge < -0.3 is 20.1 Å². The number of aromatic hydroxyl groups is 1. The van der Waals surface area contributed by atoms with E-state index in [2.05, 4.69) is 16.9 Å². The fourth-order valence-electron chi connectivity index (χ4n) is 3.55. The number of hydrogen-bond acceptors (Lipinski definition) is 6. The van der Waals surface area contributed by atoms with Crippen LogP contribution in [-0.4, -0.2) is 39.6 Å². The molecule has 2 amide bonds. The summed E-state index contributed by atoms with van der Waals surface area (Å²) in [5.41, 5.74) is -0.331. The summed E-state index contributed by atoms with van der Waals surface area (Å²) in [6, 6.07) is 3.95. The molecule has 1 aromatic heterocycles. The van der Waals surface area contributed by atoms with Crippen molar-refractivity contribution in [1.82, 2.24) is 14.9 Å². The molecule has 0 bridgehead atoms. The molecule has 1 aromatic carbocycles. The normalized spacial score (nSPS) is 15.7. The minimum Gasteiger partial charge on any atom is -0.501 e. The predicted molar refractivity (Wildman–Crippen MR) is 104 cm³/mol. The number of carbonyl (C=O) groups excluding carboxylic acids is 2. The number of fused-ring (bicyclic) bond motifs is 1. The summed E-state index contributed by atoms with van der Waals surface area (Å²) in [5, 5.41) is 12.7. The van der Waals surface area contributed by atoms with Crippen LogP contribution in [0.25, 0.3) is 5.76 Å². The number of hydrogen-bond donors (Lipinski definition) is 2. The molecule has 0 atom stereocenters. The molecule has 1 saturated heterocycles. The molecule has 2 aromatic rings. The van der Waals surface area contributed by atoms with Crippen molar-refractivity contribution in [2.45, 2.75) is 25.9 Å². The van der Waals surface area contributed by atoms with Gasteiger partial charge in [0.05, 0.1) is 12.2 Å². The highest BCUT2D eigenvalue weighted by Gasteiger charge is 2.27. The number of anilines is 1. The number of rotatable bonds is 4. The number of halogens is 1. The molecule has 3 heterocycles. The Hall–Kier alpha value is -3.69. The van der Waals surface area contributed by atoms with Gasteiger partial charge in [0.15, 0.2) is 17.3 Å². The van der Waals surface area contributed by atoms with Gasteiger partial charge in [-0.05, 0) is 24.1 Å². The summed E-state index contributed by atoms with van der Waals surface area (Å²) in [7, 11) is 0. The minimum atomic E-state index is -0.797. The molecule has 2 aliphatic rings. The van der Waals surface area contributed by atoms with Crippen molar-refractivity contribution in [3.05, 3.63) is 58.0 Å². The van der Waals surface area contributed by atoms with E-state index in [4.69, 9.17) is 4.74 Å². The van der Waals surface area contributed by atoms with Crippen molar-refractivity contribution in [2.75, 3.05) is 18.1 Å². The lowest BCUT2D eigenvalue weighted by Gasteiger charge is -2.21. The van der Waals surface area contributed by atoms with Crippen LogP contribution in [0.1, 0.15) is 34.7 Å². The molecule has 0 unspecified atom stereocenters. The van der Waals surface area contributed by atoms with Gasteiger partial charge in [-0.15, -0.1) is 0 Å². The van der Waals surface area contributed by atoms with Gasteiger partial charge in [-0.2, -0.15) is 0 Å². The summed E-state index contributed by atoms with van der Waals surface area (Å²) < 4.78 is 20.2. The first-order valence-corrected chi connectivity index (χ1v) is 9.39. The Bertz CT molecular complexity index is 1130. The molecule has 2 N–H and O–H groups in total. The Morgan fingerprint density at radius 1 is 1.33 bits per heavy atom. The van der Waals surface area contributed by atoms with Crippen molar-refractivity contribution in [2.24, 2.45) is 0 Å². The van der Waals surface area contributed by atoms with Gasteiger partial charge >= 0.3 is 0 Å². The van der Waals surface area contributed by atoms with Gasteiger partial charge in [0.1, 0.15) is 12.4 Å². The fraction of sp³-hybridized carbons (Fsp3) is 0.300. The first-order chi connectivity index (χ1) is 14.4. The molecule has 10 heteroatoms. The van der Waals surface area contributed by atoms with Crippen LogP contribution in [-0.2, 0) is 22.6 Å². The SMILES string of the molecule is C=C1OCCn2c1nc(C(=O)NCc1ccc(F)cc1N1CCCC1=O)c(O)c2=O. The minimum absolute atomic E-state index is 0.0603. The highest BCUT2D eigenvalue weighted by molar-refractivity contribution is 5.97. The molecule has 0 radical (unpaired) electrons. The maximum Gasteiger partial charge on any atom is 0.297 e. The zero-order chi connectivity index (χ0) is 21.4. The molecule has 1 fully saturated rings. The lowest BCUT2D eigenvalue weighted by Crippen LogP contribution is -2.34. The van der Waals surface area contributed by atoms with Crippen LogP contribution < -0.4 is 15.8 Å². The van der Waals surface area contributed by atoms with Gasteiger partial charge in [-0.1, -0.05) is 12.6 Å². The standard InChI is InChI=1S/C20H19FN4O5/c1-11-18-23-16(17(27)20(29)25(18)7-8-30-11)19(28)22-10-12-4-5-13(21)9-14(12)24-6-2-3-15(24)26/h4-5,9,27H,1-3,6-8,10H2,(H,22,28). The van der Waals surface area contributed by atoms with Gasteiger partial charge in [0.25, 0.3) is 11.5 Å². The fourth-order valence-corrected chi connectivity index (χ4v) is 3.55. The van der Waals surface area contributed by atoms with E-state index in [1.54, 1.807) is 0 Å². The average Bonchev–Trinajstić information content (AvgIpc) is 3.15. The number of nitrogens with one attached hydrogen (secondary N) is 1. The van der Waals surface area contributed by atoms with Crippen LogP contribution in [0.2, 0.25) is 0 Å². The molecule has 0 saturated carbocycles. The second-order valence-electron chi connectivity index (χ2n) is 6.97. The third-order valence-electron chi connectivity index (χ3n) is 5.05. The van der Waals surface area contributed by atoms with Gasteiger partial charge in [0.2, 0.25) is 11.7 Å². The smallest absolute Gasteiger partial charge is 0.297 e. The van der Waals surface area contributed by atoms with Crippen molar-refractivity contribution >= 4 is 23.3 Å². The first-order valence-electron chi connectivity index (χ1n) is 9.39. The summed E-state index contributed by atoms with van der Waals surface area (Å²) in [4.78, 5) is 42.6. The van der Waals surface area contributed by atoms with Crippen LogP contribution in [0.15, 0.2) is 29.6 Å². The van der Waals surface area contributed by atoms with Gasteiger partial charge in [-0.25, -0.2) is 9.37 Å². The highest BCUT2D eigenvalue weighted by atomic mass is 19.1. The van der Waals surface area contributed by atoms with Crippen LogP contribution in [0.4, 0.5) is 10.1 Å². The predicted octanol–water partition coefficient (Wildman–Crippen LogP) is 1.15. The first kappa shape index (κ1) is 19.6. The maximum atomic E-state index is 13.8. The molecular formula is C20H19FN4O5.